The Balaban J connectivity index is 0.000000442. The lowest BCUT2D eigenvalue weighted by atomic mass is 10.2. The number of para-hydroxylation sites is 1. The predicted octanol–water partition coefficient (Wildman–Crippen LogP) is 4.03. The third-order valence-corrected chi connectivity index (χ3v) is 1.68. The fraction of sp³-hybridized carbons (Fsp3) is 0.308. The van der Waals surface area contributed by atoms with E-state index < -0.39 is 0 Å². The van der Waals surface area contributed by atoms with Crippen LogP contribution in [0.3, 0.4) is 0 Å². The number of carbonyl (C=O) groups is 1. The topological polar surface area (TPSA) is 32.9 Å². The third-order valence-electron chi connectivity index (χ3n) is 1.68. The Hall–Kier alpha value is -1.57. The van der Waals surface area contributed by atoms with Crippen LogP contribution in [0.1, 0.15) is 38.2 Å². The summed E-state index contributed by atoms with van der Waals surface area (Å²) in [5, 5.41) is 1.08. The lowest BCUT2D eigenvalue weighted by Crippen LogP contribution is -1.73. The van der Waals surface area contributed by atoms with E-state index in [1.165, 1.54) is 0 Å². The number of carbonyl (C=O) groups excluding carboxylic acids is 1. The van der Waals surface area contributed by atoms with Crippen molar-refractivity contribution >= 4 is 17.2 Å². The number of nitrogens with one attached hydrogen (secondary N) is 1. The first kappa shape index (κ1) is 13.4. The minimum absolute atomic E-state index is 0.631. The molecule has 82 valence electrons. The molecule has 0 bridgehead atoms. The van der Waals surface area contributed by atoms with Gasteiger partial charge in [0.2, 0.25) is 0 Å². The van der Waals surface area contributed by atoms with E-state index in [1.54, 1.807) is 0 Å². The zero-order chi connectivity index (χ0) is 11.7. The summed E-state index contributed by atoms with van der Waals surface area (Å²) in [6.45, 7) is 8.00. The van der Waals surface area contributed by atoms with Gasteiger partial charge < -0.3 is 4.98 Å². The maximum absolute atomic E-state index is 10.3. The molecule has 0 spiro atoms. The van der Waals surface area contributed by atoms with Crippen LogP contribution in [-0.4, -0.2) is 11.3 Å². The number of H-pyrrole nitrogens is 1. The molecule has 0 unspecified atom stereocenters. The van der Waals surface area contributed by atoms with Gasteiger partial charge in [-0.2, -0.15) is 0 Å². The molecular formula is C13H19NO. The largest absolute Gasteiger partial charge is 0.352 e. The van der Waals surface area contributed by atoms with Gasteiger partial charge in [-0.25, -0.2) is 0 Å². The van der Waals surface area contributed by atoms with Gasteiger partial charge in [-0.1, -0.05) is 45.9 Å². The first-order valence-corrected chi connectivity index (χ1v) is 5.43. The summed E-state index contributed by atoms with van der Waals surface area (Å²) >= 11 is 0. The molecule has 1 aromatic carbocycles. The van der Waals surface area contributed by atoms with E-state index in [-0.39, 0.29) is 0 Å². The van der Waals surface area contributed by atoms with Crippen molar-refractivity contribution in [2.45, 2.75) is 27.7 Å². The van der Waals surface area contributed by atoms with E-state index in [0.29, 0.717) is 5.69 Å². The second-order valence-corrected chi connectivity index (χ2v) is 2.43. The van der Waals surface area contributed by atoms with Crippen LogP contribution in [-0.2, 0) is 0 Å². The summed E-state index contributed by atoms with van der Waals surface area (Å²) in [7, 11) is 0. The van der Waals surface area contributed by atoms with E-state index >= 15 is 0 Å². The summed E-state index contributed by atoms with van der Waals surface area (Å²) in [5.41, 5.74) is 1.64. The van der Waals surface area contributed by atoms with Crippen molar-refractivity contribution in [3.63, 3.8) is 0 Å². The summed E-state index contributed by atoms with van der Waals surface area (Å²) in [6.07, 6.45) is 0.819. The number of aldehydes is 1. The fourth-order valence-corrected chi connectivity index (χ4v) is 1.16. The number of benzene rings is 1. The highest BCUT2D eigenvalue weighted by atomic mass is 16.1. The third kappa shape index (κ3) is 3.58. The zero-order valence-electron chi connectivity index (χ0n) is 9.87. The molecule has 0 saturated carbocycles. The van der Waals surface area contributed by atoms with Gasteiger partial charge in [0.05, 0.1) is 5.69 Å². The molecule has 1 N–H and O–H groups in total. The number of hydrogen-bond acceptors (Lipinski definition) is 1. The summed E-state index contributed by atoms with van der Waals surface area (Å²) in [4.78, 5) is 13.3. The summed E-state index contributed by atoms with van der Waals surface area (Å²) in [6, 6.07) is 9.64. The standard InChI is InChI=1S/C9H7NO.2C2H6/c11-6-8-5-7-3-1-2-4-9(7)10-8;2*1-2/h1-6,10H;2*1-2H3. The van der Waals surface area contributed by atoms with Crippen LogP contribution < -0.4 is 0 Å². The van der Waals surface area contributed by atoms with Crippen LogP contribution in [0.15, 0.2) is 30.3 Å². The van der Waals surface area contributed by atoms with Gasteiger partial charge in [0.1, 0.15) is 0 Å². The smallest absolute Gasteiger partial charge is 0.166 e. The fourth-order valence-electron chi connectivity index (χ4n) is 1.16. The van der Waals surface area contributed by atoms with Crippen LogP contribution in [0.2, 0.25) is 0 Å². The minimum Gasteiger partial charge on any atom is -0.352 e. The second-order valence-electron chi connectivity index (χ2n) is 2.43. The lowest BCUT2D eigenvalue weighted by Gasteiger charge is -1.83. The molecule has 0 amide bonds. The number of rotatable bonds is 1. The van der Waals surface area contributed by atoms with Gasteiger partial charge in [0.25, 0.3) is 0 Å². The molecule has 1 heterocycles. The number of aromatic nitrogens is 1. The molecule has 0 aliphatic heterocycles. The van der Waals surface area contributed by atoms with E-state index in [0.717, 1.165) is 17.2 Å². The Morgan fingerprint density at radius 2 is 1.67 bits per heavy atom. The van der Waals surface area contributed by atoms with Crippen molar-refractivity contribution in [3.05, 3.63) is 36.0 Å². The Kier molecular flexibility index (Phi) is 6.98. The van der Waals surface area contributed by atoms with E-state index in [4.69, 9.17) is 0 Å². The van der Waals surface area contributed by atoms with Gasteiger partial charge in [0, 0.05) is 10.9 Å². The molecule has 0 aliphatic rings. The van der Waals surface area contributed by atoms with Gasteiger partial charge in [-0.3, -0.25) is 4.79 Å². The van der Waals surface area contributed by atoms with Crippen molar-refractivity contribution in [2.24, 2.45) is 0 Å². The SMILES string of the molecule is CC.CC.O=Cc1cc2ccccc2[nH]1. The van der Waals surface area contributed by atoms with E-state index in [2.05, 4.69) is 4.98 Å². The molecule has 15 heavy (non-hydrogen) atoms. The van der Waals surface area contributed by atoms with Crippen molar-refractivity contribution in [1.29, 1.82) is 0 Å². The molecule has 0 fully saturated rings. The molecule has 0 saturated heterocycles. The first-order valence-electron chi connectivity index (χ1n) is 5.43. The second kappa shape index (κ2) is 7.80. The predicted molar refractivity (Wildman–Crippen MR) is 66.4 cm³/mol. The highest BCUT2D eigenvalue weighted by molar-refractivity contribution is 5.87. The normalized spacial score (nSPS) is 8.27. The molecule has 0 radical (unpaired) electrons. The summed E-state index contributed by atoms with van der Waals surface area (Å²) < 4.78 is 0. The zero-order valence-corrected chi connectivity index (χ0v) is 9.87. The molecule has 2 aromatic rings. The lowest BCUT2D eigenvalue weighted by molar-refractivity contribution is 0.112. The average Bonchev–Trinajstić information content (AvgIpc) is 2.77. The van der Waals surface area contributed by atoms with E-state index in [1.807, 2.05) is 58.0 Å². The number of hydrogen-bond donors (Lipinski definition) is 1. The van der Waals surface area contributed by atoms with Gasteiger partial charge in [-0.05, 0) is 12.1 Å². The van der Waals surface area contributed by atoms with Crippen molar-refractivity contribution in [2.75, 3.05) is 0 Å². The molecule has 0 aliphatic carbocycles. The Morgan fingerprint density at radius 1 is 1.07 bits per heavy atom. The number of fused-ring (bicyclic) bond motifs is 1. The summed E-state index contributed by atoms with van der Waals surface area (Å²) in [5.74, 6) is 0. The minimum atomic E-state index is 0.631. The highest BCUT2D eigenvalue weighted by Gasteiger charge is 1.95. The average molecular weight is 205 g/mol. The molecule has 1 aromatic heterocycles. The van der Waals surface area contributed by atoms with Crippen LogP contribution >= 0.6 is 0 Å². The highest BCUT2D eigenvalue weighted by Crippen LogP contribution is 2.12. The Bertz CT molecular complexity index is 357. The Morgan fingerprint density at radius 3 is 2.20 bits per heavy atom. The van der Waals surface area contributed by atoms with Crippen molar-refractivity contribution in [1.82, 2.24) is 4.98 Å². The van der Waals surface area contributed by atoms with Gasteiger partial charge in [-0.15, -0.1) is 0 Å². The quantitative estimate of drug-likeness (QED) is 0.700. The van der Waals surface area contributed by atoms with Crippen LogP contribution in [0.25, 0.3) is 10.9 Å². The number of aromatic amines is 1. The van der Waals surface area contributed by atoms with Crippen LogP contribution in [0.4, 0.5) is 0 Å². The molecular weight excluding hydrogens is 186 g/mol. The Labute approximate surface area is 91.3 Å². The van der Waals surface area contributed by atoms with Crippen molar-refractivity contribution in [3.8, 4) is 0 Å². The maximum atomic E-state index is 10.3. The molecule has 2 nitrogen and oxygen atoms in total. The first-order chi connectivity index (χ1) is 7.40. The van der Waals surface area contributed by atoms with Crippen LogP contribution in [0, 0.1) is 0 Å². The van der Waals surface area contributed by atoms with Gasteiger partial charge in [0.15, 0.2) is 6.29 Å². The van der Waals surface area contributed by atoms with Gasteiger partial charge >= 0.3 is 0 Å². The maximum Gasteiger partial charge on any atom is 0.166 e. The van der Waals surface area contributed by atoms with Crippen LogP contribution in [0.5, 0.6) is 0 Å². The molecule has 0 atom stereocenters. The van der Waals surface area contributed by atoms with E-state index in [9.17, 15) is 4.79 Å². The van der Waals surface area contributed by atoms with Crippen molar-refractivity contribution < 1.29 is 4.79 Å². The molecule has 2 heteroatoms. The molecule has 2 rings (SSSR count). The monoisotopic (exact) mass is 205 g/mol.